The lowest BCUT2D eigenvalue weighted by atomic mass is 10.0. The van der Waals surface area contributed by atoms with Gasteiger partial charge in [0, 0.05) is 5.56 Å². The van der Waals surface area contributed by atoms with Crippen LogP contribution >= 0.6 is 0 Å². The Morgan fingerprint density at radius 3 is 2.38 bits per heavy atom. The molecule has 1 aromatic carbocycles. The zero-order valence-electron chi connectivity index (χ0n) is 8.12. The maximum absolute atomic E-state index is 12.7. The Labute approximate surface area is 90.6 Å². The molecule has 0 unspecified atom stereocenters. The SMILES string of the molecule is FC(F)(F)c1ccccc1-c1ccc[c]n1. The Hall–Kier alpha value is -1.84. The molecule has 0 spiro atoms. The third kappa shape index (κ3) is 2.05. The summed E-state index contributed by atoms with van der Waals surface area (Å²) in [6.45, 7) is 0. The number of benzene rings is 1. The average molecular weight is 222 g/mol. The summed E-state index contributed by atoms with van der Waals surface area (Å²) in [5.41, 5.74) is -0.329. The van der Waals surface area contributed by atoms with Crippen molar-refractivity contribution in [3.63, 3.8) is 0 Å². The van der Waals surface area contributed by atoms with Gasteiger partial charge in [0.25, 0.3) is 0 Å². The minimum atomic E-state index is -4.37. The molecule has 1 nitrogen and oxygen atoms in total. The Morgan fingerprint density at radius 1 is 1.00 bits per heavy atom. The number of rotatable bonds is 1. The zero-order chi connectivity index (χ0) is 11.6. The maximum Gasteiger partial charge on any atom is 0.417 e. The van der Waals surface area contributed by atoms with Crippen LogP contribution in [0, 0.1) is 6.20 Å². The number of alkyl halides is 3. The van der Waals surface area contributed by atoms with Crippen LogP contribution in [0.1, 0.15) is 5.56 Å². The van der Waals surface area contributed by atoms with Crippen molar-refractivity contribution in [3.8, 4) is 11.3 Å². The van der Waals surface area contributed by atoms with Crippen LogP contribution in [0.4, 0.5) is 13.2 Å². The molecule has 16 heavy (non-hydrogen) atoms. The van der Waals surface area contributed by atoms with Crippen molar-refractivity contribution in [3.05, 3.63) is 54.2 Å². The zero-order valence-corrected chi connectivity index (χ0v) is 8.12. The highest BCUT2D eigenvalue weighted by molar-refractivity contribution is 5.64. The first-order valence-corrected chi connectivity index (χ1v) is 4.59. The number of nitrogens with zero attached hydrogens (tertiary/aromatic N) is 1. The van der Waals surface area contributed by atoms with Crippen molar-refractivity contribution >= 4 is 0 Å². The summed E-state index contributed by atoms with van der Waals surface area (Å²) < 4.78 is 38.1. The normalized spacial score (nSPS) is 11.4. The monoisotopic (exact) mass is 222 g/mol. The predicted octanol–water partition coefficient (Wildman–Crippen LogP) is 3.57. The number of hydrogen-bond acceptors (Lipinski definition) is 1. The highest BCUT2D eigenvalue weighted by Gasteiger charge is 2.33. The molecule has 0 fully saturated rings. The minimum Gasteiger partial charge on any atom is -0.246 e. The fourth-order valence-corrected chi connectivity index (χ4v) is 1.43. The maximum atomic E-state index is 12.7. The lowest BCUT2D eigenvalue weighted by Gasteiger charge is -2.11. The smallest absolute Gasteiger partial charge is 0.246 e. The summed E-state index contributed by atoms with van der Waals surface area (Å²) in [5.74, 6) is 0. The summed E-state index contributed by atoms with van der Waals surface area (Å²) in [6.07, 6.45) is -1.85. The highest BCUT2D eigenvalue weighted by atomic mass is 19.4. The van der Waals surface area contributed by atoms with Gasteiger partial charge in [-0.05, 0) is 18.2 Å². The molecule has 0 aliphatic heterocycles. The molecule has 0 aliphatic rings. The van der Waals surface area contributed by atoms with Crippen LogP contribution in [0.2, 0.25) is 0 Å². The Kier molecular flexibility index (Phi) is 2.64. The van der Waals surface area contributed by atoms with E-state index in [1.165, 1.54) is 18.2 Å². The van der Waals surface area contributed by atoms with Gasteiger partial charge < -0.3 is 0 Å². The minimum absolute atomic E-state index is 0.0758. The second-order valence-corrected chi connectivity index (χ2v) is 3.20. The van der Waals surface area contributed by atoms with Crippen molar-refractivity contribution in [2.75, 3.05) is 0 Å². The van der Waals surface area contributed by atoms with Gasteiger partial charge in [-0.25, -0.2) is 4.98 Å². The van der Waals surface area contributed by atoms with Gasteiger partial charge in [0.05, 0.1) is 17.5 Å². The van der Waals surface area contributed by atoms with Crippen LogP contribution in [0.5, 0.6) is 0 Å². The second kappa shape index (κ2) is 3.96. The van der Waals surface area contributed by atoms with E-state index in [1.807, 2.05) is 0 Å². The van der Waals surface area contributed by atoms with E-state index in [0.717, 1.165) is 6.07 Å². The van der Waals surface area contributed by atoms with Crippen LogP contribution in [0.25, 0.3) is 11.3 Å². The van der Waals surface area contributed by atoms with Gasteiger partial charge in [-0.1, -0.05) is 24.3 Å². The van der Waals surface area contributed by atoms with Gasteiger partial charge in [0.1, 0.15) is 0 Å². The number of hydrogen-bond donors (Lipinski definition) is 0. The topological polar surface area (TPSA) is 12.9 Å². The highest BCUT2D eigenvalue weighted by Crippen LogP contribution is 2.35. The summed E-state index contributed by atoms with van der Waals surface area (Å²) >= 11 is 0. The van der Waals surface area contributed by atoms with Crippen LogP contribution < -0.4 is 0 Å². The summed E-state index contributed by atoms with van der Waals surface area (Å²) in [4.78, 5) is 3.80. The van der Waals surface area contributed by atoms with E-state index in [9.17, 15) is 13.2 Å². The lowest BCUT2D eigenvalue weighted by molar-refractivity contribution is -0.137. The first-order valence-electron chi connectivity index (χ1n) is 4.59. The van der Waals surface area contributed by atoms with Gasteiger partial charge in [-0.3, -0.25) is 0 Å². The molecule has 4 heteroatoms. The molecule has 2 rings (SSSR count). The molecule has 0 saturated heterocycles. The molecular formula is C12H7F3N. The van der Waals surface area contributed by atoms with Crippen molar-refractivity contribution in [2.45, 2.75) is 6.18 Å². The fourth-order valence-electron chi connectivity index (χ4n) is 1.43. The third-order valence-electron chi connectivity index (χ3n) is 2.12. The van der Waals surface area contributed by atoms with Crippen molar-refractivity contribution in [2.24, 2.45) is 0 Å². The molecule has 0 atom stereocenters. The van der Waals surface area contributed by atoms with E-state index in [-0.39, 0.29) is 11.3 Å². The molecule has 1 heterocycles. The van der Waals surface area contributed by atoms with Gasteiger partial charge in [0.2, 0.25) is 0 Å². The van der Waals surface area contributed by atoms with E-state index in [0.29, 0.717) is 0 Å². The van der Waals surface area contributed by atoms with Gasteiger partial charge in [-0.2, -0.15) is 13.2 Å². The van der Waals surface area contributed by atoms with E-state index in [1.54, 1.807) is 18.2 Å². The first kappa shape index (κ1) is 10.7. The summed E-state index contributed by atoms with van der Waals surface area (Å²) in [6, 6.07) is 10.0. The standard InChI is InChI=1S/C12H7F3N/c13-12(14,15)10-6-2-1-5-9(10)11-7-3-4-8-16-11/h1-7H. The summed E-state index contributed by atoms with van der Waals surface area (Å²) in [5, 5.41) is 0. The molecule has 0 saturated carbocycles. The van der Waals surface area contributed by atoms with E-state index in [4.69, 9.17) is 0 Å². The Balaban J connectivity index is 2.58. The molecule has 1 radical (unpaired) electrons. The second-order valence-electron chi connectivity index (χ2n) is 3.20. The average Bonchev–Trinajstić information content (AvgIpc) is 2.29. The molecular weight excluding hydrogens is 215 g/mol. The first-order chi connectivity index (χ1) is 7.59. The van der Waals surface area contributed by atoms with Gasteiger partial charge in [0.15, 0.2) is 0 Å². The number of aromatic nitrogens is 1. The Bertz CT molecular complexity index is 477. The molecule has 0 aliphatic carbocycles. The van der Waals surface area contributed by atoms with Crippen molar-refractivity contribution in [1.29, 1.82) is 0 Å². The molecule has 0 amide bonds. The summed E-state index contributed by atoms with van der Waals surface area (Å²) in [7, 11) is 0. The fraction of sp³-hybridized carbons (Fsp3) is 0.0833. The predicted molar refractivity (Wildman–Crippen MR) is 53.5 cm³/mol. The third-order valence-corrected chi connectivity index (χ3v) is 2.12. The van der Waals surface area contributed by atoms with E-state index < -0.39 is 11.7 Å². The van der Waals surface area contributed by atoms with E-state index in [2.05, 4.69) is 11.2 Å². The lowest BCUT2D eigenvalue weighted by Crippen LogP contribution is -2.07. The van der Waals surface area contributed by atoms with Crippen molar-refractivity contribution < 1.29 is 13.2 Å². The molecule has 81 valence electrons. The number of pyridine rings is 1. The molecule has 1 aromatic heterocycles. The van der Waals surface area contributed by atoms with Crippen LogP contribution in [0.3, 0.4) is 0 Å². The van der Waals surface area contributed by atoms with Crippen LogP contribution in [-0.4, -0.2) is 4.98 Å². The van der Waals surface area contributed by atoms with Gasteiger partial charge in [-0.15, -0.1) is 0 Å². The van der Waals surface area contributed by atoms with Gasteiger partial charge >= 0.3 is 6.18 Å². The van der Waals surface area contributed by atoms with Crippen molar-refractivity contribution in [1.82, 2.24) is 4.98 Å². The molecule has 0 bridgehead atoms. The van der Waals surface area contributed by atoms with E-state index >= 15 is 0 Å². The quantitative estimate of drug-likeness (QED) is 0.718. The number of halogens is 3. The molecule has 0 N–H and O–H groups in total. The van der Waals surface area contributed by atoms with Crippen LogP contribution in [-0.2, 0) is 6.18 Å². The molecule has 2 aromatic rings. The van der Waals surface area contributed by atoms with Crippen LogP contribution in [0.15, 0.2) is 42.5 Å². The Morgan fingerprint density at radius 2 is 1.75 bits per heavy atom. The largest absolute Gasteiger partial charge is 0.417 e.